The molecule has 0 amide bonds. The second-order valence-corrected chi connectivity index (χ2v) is 1.44. The second kappa shape index (κ2) is 3.06. The van der Waals surface area contributed by atoms with Gasteiger partial charge < -0.3 is 4.55 Å². The minimum Gasteiger partial charge on any atom is -0.750 e. The summed E-state index contributed by atoms with van der Waals surface area (Å²) in [4.78, 5) is 0. The highest BCUT2D eigenvalue weighted by Crippen LogP contribution is 1.90. The Morgan fingerprint density at radius 3 is 2.43 bits per heavy atom. The van der Waals surface area contributed by atoms with Crippen LogP contribution in [0, 0.1) is 0 Å². The highest BCUT2D eigenvalue weighted by Gasteiger charge is 1.93. The molecule has 5 heteroatoms. The SMILES string of the molecule is CC(F)OS(=O)[O-]. The van der Waals surface area contributed by atoms with Crippen LogP contribution in [-0.2, 0) is 15.5 Å². The van der Waals surface area contributed by atoms with E-state index in [9.17, 15) is 13.2 Å². The van der Waals surface area contributed by atoms with Gasteiger partial charge in [-0.2, -0.15) is 0 Å². The lowest BCUT2D eigenvalue weighted by molar-refractivity contribution is 0.0896. The molecule has 44 valence electrons. The molecule has 0 aromatic rings. The molecule has 0 radical (unpaired) electrons. The van der Waals surface area contributed by atoms with Gasteiger partial charge in [0, 0.05) is 0 Å². The van der Waals surface area contributed by atoms with Crippen LogP contribution in [0.3, 0.4) is 0 Å². The smallest absolute Gasteiger partial charge is 0.210 e. The molecule has 0 fully saturated rings. The fourth-order valence-corrected chi connectivity index (χ4v) is 0.325. The van der Waals surface area contributed by atoms with Gasteiger partial charge >= 0.3 is 0 Å². The van der Waals surface area contributed by atoms with Crippen molar-refractivity contribution in [1.82, 2.24) is 0 Å². The first-order valence-electron chi connectivity index (χ1n) is 1.53. The van der Waals surface area contributed by atoms with Crippen molar-refractivity contribution in [2.75, 3.05) is 0 Å². The largest absolute Gasteiger partial charge is 0.750 e. The number of hydrogen-bond acceptors (Lipinski definition) is 3. The molecule has 0 N–H and O–H groups in total. The summed E-state index contributed by atoms with van der Waals surface area (Å²) in [6.07, 6.45) is -1.74. The van der Waals surface area contributed by atoms with Crippen LogP contribution >= 0.6 is 0 Å². The van der Waals surface area contributed by atoms with Gasteiger partial charge in [0.05, 0.1) is 11.4 Å². The molecular formula is C2H4FO3S-. The summed E-state index contributed by atoms with van der Waals surface area (Å²) in [5.41, 5.74) is 0. The Balaban J connectivity index is 3.13. The van der Waals surface area contributed by atoms with E-state index in [4.69, 9.17) is 0 Å². The molecule has 0 aromatic carbocycles. The van der Waals surface area contributed by atoms with E-state index in [1.165, 1.54) is 0 Å². The van der Waals surface area contributed by atoms with Crippen molar-refractivity contribution in [1.29, 1.82) is 0 Å². The summed E-state index contributed by atoms with van der Waals surface area (Å²) in [6, 6.07) is 0. The summed E-state index contributed by atoms with van der Waals surface area (Å²) in [6.45, 7) is 0.982. The van der Waals surface area contributed by atoms with E-state index in [0.29, 0.717) is 0 Å². The zero-order chi connectivity index (χ0) is 5.86. The standard InChI is InChI=1S/C2H5FO3S/c1-2(3)6-7(4)5/h2H,1H3,(H,4,5)/p-1. The number of alkyl halides is 1. The monoisotopic (exact) mass is 127 g/mol. The average molecular weight is 127 g/mol. The second-order valence-electron chi connectivity index (χ2n) is 0.843. The predicted octanol–water partition coefficient (Wildman–Crippen LogP) is 0.113. The Morgan fingerprint density at radius 1 is 2.00 bits per heavy atom. The molecule has 0 rings (SSSR count). The van der Waals surface area contributed by atoms with E-state index >= 15 is 0 Å². The van der Waals surface area contributed by atoms with Gasteiger partial charge in [0.1, 0.15) is 0 Å². The van der Waals surface area contributed by atoms with E-state index in [2.05, 4.69) is 4.18 Å². The molecule has 0 spiro atoms. The van der Waals surface area contributed by atoms with Crippen molar-refractivity contribution in [3.05, 3.63) is 0 Å². The van der Waals surface area contributed by atoms with Crippen molar-refractivity contribution in [2.24, 2.45) is 0 Å². The van der Waals surface area contributed by atoms with E-state index in [-0.39, 0.29) is 0 Å². The Morgan fingerprint density at radius 2 is 2.43 bits per heavy atom. The zero-order valence-corrected chi connectivity index (χ0v) is 4.40. The molecule has 0 aromatic heterocycles. The Labute approximate surface area is 43.0 Å². The van der Waals surface area contributed by atoms with Crippen molar-refractivity contribution < 1.29 is 17.3 Å². The van der Waals surface area contributed by atoms with Gasteiger partial charge in [-0.15, -0.1) is 0 Å². The third-order valence-corrected chi connectivity index (χ3v) is 0.633. The lowest BCUT2D eigenvalue weighted by atomic mass is 10.8. The third-order valence-electron chi connectivity index (χ3n) is 0.211. The van der Waals surface area contributed by atoms with E-state index in [1.807, 2.05) is 0 Å². The highest BCUT2D eigenvalue weighted by atomic mass is 32.2. The summed E-state index contributed by atoms with van der Waals surface area (Å²) in [5.74, 6) is 0. The first kappa shape index (κ1) is 7.00. The Hall–Kier alpha value is -0.0000000000000000486. The topological polar surface area (TPSA) is 49.4 Å². The Bertz CT molecular complexity index is 73.3. The molecule has 0 aliphatic carbocycles. The van der Waals surface area contributed by atoms with Crippen LogP contribution in [0.15, 0.2) is 0 Å². The normalized spacial score (nSPS) is 18.7. The van der Waals surface area contributed by atoms with E-state index < -0.39 is 17.7 Å². The molecule has 2 unspecified atom stereocenters. The summed E-state index contributed by atoms with van der Waals surface area (Å²) >= 11 is -2.72. The van der Waals surface area contributed by atoms with Gasteiger partial charge in [0.2, 0.25) is 6.36 Å². The molecule has 7 heavy (non-hydrogen) atoms. The van der Waals surface area contributed by atoms with Gasteiger partial charge in [-0.05, 0) is 6.92 Å². The van der Waals surface area contributed by atoms with Crippen molar-refractivity contribution >= 4 is 11.4 Å². The Kier molecular flexibility index (Phi) is 3.06. The fraction of sp³-hybridized carbons (Fsp3) is 1.00. The summed E-state index contributed by atoms with van der Waals surface area (Å²) in [5, 5.41) is 0. The van der Waals surface area contributed by atoms with Crippen LogP contribution in [0.2, 0.25) is 0 Å². The van der Waals surface area contributed by atoms with Gasteiger partial charge in [-0.3, -0.25) is 4.18 Å². The van der Waals surface area contributed by atoms with Crippen LogP contribution in [-0.4, -0.2) is 15.1 Å². The minimum atomic E-state index is -2.72. The summed E-state index contributed by atoms with van der Waals surface area (Å²) < 4.78 is 33.5. The minimum absolute atomic E-state index is 0.982. The third kappa shape index (κ3) is 6.00. The van der Waals surface area contributed by atoms with Gasteiger partial charge in [-0.1, -0.05) is 0 Å². The van der Waals surface area contributed by atoms with Crippen LogP contribution in [0.25, 0.3) is 0 Å². The zero-order valence-electron chi connectivity index (χ0n) is 3.59. The molecule has 0 bridgehead atoms. The lowest BCUT2D eigenvalue weighted by Gasteiger charge is -2.03. The summed E-state index contributed by atoms with van der Waals surface area (Å²) in [7, 11) is 0. The van der Waals surface area contributed by atoms with Crippen LogP contribution in [0.4, 0.5) is 4.39 Å². The average Bonchev–Trinajstić information content (AvgIpc) is 1.27. The molecule has 0 heterocycles. The highest BCUT2D eigenvalue weighted by molar-refractivity contribution is 7.74. The predicted molar refractivity (Wildman–Crippen MR) is 20.6 cm³/mol. The quantitative estimate of drug-likeness (QED) is 0.495. The first-order chi connectivity index (χ1) is 3.13. The molecule has 0 saturated heterocycles. The molecule has 2 atom stereocenters. The molecule has 3 nitrogen and oxygen atoms in total. The van der Waals surface area contributed by atoms with E-state index in [1.54, 1.807) is 0 Å². The number of hydrogen-bond donors (Lipinski definition) is 0. The first-order valence-corrected chi connectivity index (χ1v) is 2.53. The fourth-order valence-electron chi connectivity index (χ4n) is 0.108. The molecule has 0 aliphatic heterocycles. The van der Waals surface area contributed by atoms with E-state index in [0.717, 1.165) is 6.92 Å². The molecule has 0 aliphatic rings. The van der Waals surface area contributed by atoms with Gasteiger partial charge in [0.25, 0.3) is 0 Å². The number of halogens is 1. The maximum absolute atomic E-state index is 11.3. The van der Waals surface area contributed by atoms with Crippen LogP contribution in [0.5, 0.6) is 0 Å². The molecular weight excluding hydrogens is 123 g/mol. The number of rotatable bonds is 2. The van der Waals surface area contributed by atoms with Gasteiger partial charge in [0.15, 0.2) is 0 Å². The maximum Gasteiger partial charge on any atom is 0.210 e. The van der Waals surface area contributed by atoms with Gasteiger partial charge in [-0.25, -0.2) is 8.60 Å². The maximum atomic E-state index is 11.3. The van der Waals surface area contributed by atoms with Crippen molar-refractivity contribution in [2.45, 2.75) is 13.3 Å². The van der Waals surface area contributed by atoms with Crippen molar-refractivity contribution in [3.8, 4) is 0 Å². The molecule has 0 saturated carbocycles. The van der Waals surface area contributed by atoms with Crippen LogP contribution in [0.1, 0.15) is 6.92 Å². The lowest BCUT2D eigenvalue weighted by Crippen LogP contribution is -2.02. The van der Waals surface area contributed by atoms with Crippen LogP contribution < -0.4 is 0 Å². The van der Waals surface area contributed by atoms with Crippen molar-refractivity contribution in [3.63, 3.8) is 0 Å².